The van der Waals surface area contributed by atoms with Crippen LogP contribution in [0.3, 0.4) is 0 Å². The molecule has 0 bridgehead atoms. The molecule has 0 saturated heterocycles. The van der Waals surface area contributed by atoms with Crippen molar-refractivity contribution in [1.82, 2.24) is 24.3 Å². The van der Waals surface area contributed by atoms with E-state index in [2.05, 4.69) is 15.5 Å². The largest absolute Gasteiger partial charge is 0.477 e. The first kappa shape index (κ1) is 44.0. The molecule has 2 aromatic carbocycles. The van der Waals surface area contributed by atoms with Gasteiger partial charge in [0.05, 0.1) is 25.6 Å². The van der Waals surface area contributed by atoms with Crippen LogP contribution in [-0.4, -0.2) is 55.6 Å². The van der Waals surface area contributed by atoms with Gasteiger partial charge < -0.3 is 20.5 Å². The van der Waals surface area contributed by atoms with E-state index in [9.17, 15) is 30.4 Å². The highest BCUT2D eigenvalue weighted by molar-refractivity contribution is 7.90. The number of hydrogen-bond acceptors (Lipinski definition) is 10. The Morgan fingerprint density at radius 2 is 1.11 bits per heavy atom. The average Bonchev–Trinajstić information content (AvgIpc) is 3.75. The van der Waals surface area contributed by atoms with E-state index in [0.717, 1.165) is 35.9 Å². The molecule has 0 saturated carbocycles. The SMILES string of the molecule is CC(C)c1cc(F)cc(C(C)C)c1N.CC(C)c1cc(F)cc(C(C)C)c1NC(=O)NS(=O)(=O)c1cnn2c1OCCC2.NS(=O)(=O)c1cnn2c1OCCC2. The molecule has 2 aliphatic heterocycles. The number of nitrogens with one attached hydrogen (secondary N) is 2. The first-order valence-electron chi connectivity index (χ1n) is 18.3. The Kier molecular flexibility index (Phi) is 14.1. The molecule has 4 aromatic rings. The summed E-state index contributed by atoms with van der Waals surface area (Å²) in [5.74, 6) is 0.160. The first-order valence-corrected chi connectivity index (χ1v) is 21.3. The average molecular weight is 823 g/mol. The molecule has 0 atom stereocenters. The maximum atomic E-state index is 14.0. The van der Waals surface area contributed by atoms with Crippen LogP contribution in [0, 0.1) is 11.6 Å². The Morgan fingerprint density at radius 1 is 0.714 bits per heavy atom. The quantitative estimate of drug-likeness (QED) is 0.141. The number of halogens is 2. The number of hydrogen-bond donors (Lipinski definition) is 4. The Labute approximate surface area is 327 Å². The van der Waals surface area contributed by atoms with Crippen LogP contribution in [0.25, 0.3) is 0 Å². The number of fused-ring (bicyclic) bond motifs is 2. The van der Waals surface area contributed by atoms with Gasteiger partial charge in [-0.05, 0) is 70.2 Å². The van der Waals surface area contributed by atoms with Gasteiger partial charge in [-0.3, -0.25) is 0 Å². The van der Waals surface area contributed by atoms with Crippen LogP contribution in [0.4, 0.5) is 25.0 Å². The summed E-state index contributed by atoms with van der Waals surface area (Å²) in [5.41, 5.74) is 10.2. The minimum atomic E-state index is -4.20. The van der Waals surface area contributed by atoms with Crippen molar-refractivity contribution in [2.75, 3.05) is 24.3 Å². The second kappa shape index (κ2) is 18.0. The smallest absolute Gasteiger partial charge is 0.333 e. The zero-order valence-corrected chi connectivity index (χ0v) is 34.5. The number of aromatic nitrogens is 4. The first-order chi connectivity index (χ1) is 26.1. The number of nitrogen functional groups attached to an aromatic ring is 1. The highest BCUT2D eigenvalue weighted by atomic mass is 32.2. The van der Waals surface area contributed by atoms with Crippen LogP contribution in [0.1, 0.15) is 114 Å². The highest BCUT2D eigenvalue weighted by Crippen LogP contribution is 2.34. The third-order valence-electron chi connectivity index (χ3n) is 8.95. The zero-order chi connectivity index (χ0) is 41.7. The van der Waals surface area contributed by atoms with Crippen LogP contribution < -0.4 is 30.4 Å². The molecule has 2 aliphatic rings. The predicted octanol–water partition coefficient (Wildman–Crippen LogP) is 6.53. The Hall–Kier alpha value is -4.75. The molecule has 15 nitrogen and oxygen atoms in total. The van der Waals surface area contributed by atoms with E-state index in [0.29, 0.717) is 43.1 Å². The van der Waals surface area contributed by atoms with Gasteiger partial charge in [-0.2, -0.15) is 10.2 Å². The minimum Gasteiger partial charge on any atom is -0.477 e. The van der Waals surface area contributed by atoms with Crippen LogP contribution in [0.5, 0.6) is 11.8 Å². The van der Waals surface area contributed by atoms with Gasteiger partial charge in [0.2, 0.25) is 21.8 Å². The molecule has 6 N–H and O–H groups in total. The zero-order valence-electron chi connectivity index (χ0n) is 32.9. The lowest BCUT2D eigenvalue weighted by Gasteiger charge is -2.21. The van der Waals surface area contributed by atoms with Crippen LogP contribution in [0.15, 0.2) is 46.5 Å². The fraction of sp³-hybridized carbons (Fsp3) is 0.486. The molecule has 19 heteroatoms. The molecule has 308 valence electrons. The molecule has 0 radical (unpaired) electrons. The second-order valence-corrected chi connectivity index (χ2v) is 17.8. The van der Waals surface area contributed by atoms with Crippen LogP contribution in [0.2, 0.25) is 0 Å². The number of carbonyl (C=O) groups is 1. The van der Waals surface area contributed by atoms with Gasteiger partial charge in [-0.25, -0.2) is 49.6 Å². The summed E-state index contributed by atoms with van der Waals surface area (Å²) in [6, 6.07) is 4.83. The van der Waals surface area contributed by atoms with Crippen molar-refractivity contribution in [1.29, 1.82) is 0 Å². The summed E-state index contributed by atoms with van der Waals surface area (Å²) in [6.07, 6.45) is 3.94. The van der Waals surface area contributed by atoms with Gasteiger partial charge in [-0.15, -0.1) is 0 Å². The van der Waals surface area contributed by atoms with Crippen molar-refractivity contribution in [2.24, 2.45) is 5.14 Å². The molecular weight excluding hydrogens is 771 g/mol. The molecule has 2 aromatic heterocycles. The van der Waals surface area contributed by atoms with E-state index >= 15 is 0 Å². The van der Waals surface area contributed by atoms with Gasteiger partial charge in [-0.1, -0.05) is 55.4 Å². The van der Waals surface area contributed by atoms with Crippen LogP contribution in [-0.2, 0) is 33.1 Å². The van der Waals surface area contributed by atoms with Gasteiger partial charge >= 0.3 is 6.03 Å². The molecule has 0 spiro atoms. The fourth-order valence-corrected chi connectivity index (χ4v) is 7.69. The van der Waals surface area contributed by atoms with Crippen LogP contribution >= 0.6 is 0 Å². The van der Waals surface area contributed by atoms with Crippen molar-refractivity contribution in [3.63, 3.8) is 0 Å². The lowest BCUT2D eigenvalue weighted by molar-refractivity contribution is 0.224. The molecule has 2 amide bonds. The number of nitrogens with zero attached hydrogens (tertiary/aromatic N) is 4. The summed E-state index contributed by atoms with van der Waals surface area (Å²) in [4.78, 5) is 12.3. The number of aryl methyl sites for hydroxylation is 2. The normalized spacial score (nSPS) is 13.8. The van der Waals surface area contributed by atoms with E-state index in [4.69, 9.17) is 20.3 Å². The number of nitrogens with two attached hydrogens (primary N) is 2. The molecule has 0 unspecified atom stereocenters. The van der Waals surface area contributed by atoms with E-state index in [1.165, 1.54) is 39.8 Å². The van der Waals surface area contributed by atoms with Gasteiger partial charge in [0.15, 0.2) is 9.79 Å². The third-order valence-corrected chi connectivity index (χ3v) is 11.2. The Balaban J connectivity index is 0.000000213. The van der Waals surface area contributed by atoms with E-state index in [1.54, 1.807) is 0 Å². The second-order valence-electron chi connectivity index (χ2n) is 14.7. The number of anilines is 2. The van der Waals surface area contributed by atoms with Gasteiger partial charge in [0.1, 0.15) is 11.6 Å². The van der Waals surface area contributed by atoms with E-state index in [1.807, 2.05) is 60.1 Å². The number of benzene rings is 2. The fourth-order valence-electron chi connectivity index (χ4n) is 6.11. The highest BCUT2D eigenvalue weighted by Gasteiger charge is 2.29. The maximum Gasteiger partial charge on any atom is 0.333 e. The number of primary sulfonamides is 1. The van der Waals surface area contributed by atoms with E-state index in [-0.39, 0.29) is 51.0 Å². The minimum absolute atomic E-state index is 0.0350. The lowest BCUT2D eigenvalue weighted by atomic mass is 9.92. The van der Waals surface area contributed by atoms with Crippen molar-refractivity contribution < 1.29 is 39.9 Å². The molecule has 56 heavy (non-hydrogen) atoms. The molecule has 4 heterocycles. The van der Waals surface area contributed by atoms with Crippen molar-refractivity contribution in [3.05, 3.63) is 70.5 Å². The molecule has 6 rings (SSSR count). The number of ether oxygens (including phenoxy) is 2. The van der Waals surface area contributed by atoms with Gasteiger partial charge in [0.25, 0.3) is 10.0 Å². The molecule has 0 fully saturated rings. The number of carbonyl (C=O) groups excluding carboxylic acids is 1. The lowest BCUT2D eigenvalue weighted by Crippen LogP contribution is -2.35. The monoisotopic (exact) mass is 822 g/mol. The van der Waals surface area contributed by atoms with Crippen molar-refractivity contribution in [3.8, 4) is 11.8 Å². The standard InChI is InChI=1S/C19H25FN4O4S.C12H18FN.C6H9N3O3S/c1-11(2)14-8-13(20)9-15(12(3)4)17(14)22-19(25)23-29(26,27)16-10-21-24-6-5-7-28-18(16)24;1-7(2)10-5-9(13)6-11(8(3)4)12(10)14;7-13(10,11)5-4-8-9-2-1-3-12-6(5)9/h8-12H,5-7H2,1-4H3,(H2,22,23,25);5-8H,14H2,1-4H3;4H,1-3H2,(H2,7,10,11). The summed E-state index contributed by atoms with van der Waals surface area (Å²) in [5, 5.41) is 15.4. The molecular formula is C37H52F2N8O7S2. The predicted molar refractivity (Wildman–Crippen MR) is 209 cm³/mol. The summed E-state index contributed by atoms with van der Waals surface area (Å²) >= 11 is 0. The number of rotatable bonds is 8. The summed E-state index contributed by atoms with van der Waals surface area (Å²) in [7, 11) is -7.91. The molecule has 0 aliphatic carbocycles. The Bertz CT molecular complexity index is 2200. The topological polar surface area (TPSA) is 216 Å². The van der Waals surface area contributed by atoms with E-state index < -0.39 is 31.9 Å². The summed E-state index contributed by atoms with van der Waals surface area (Å²) < 4.78 is 90.2. The van der Waals surface area contributed by atoms with Crippen molar-refractivity contribution >= 4 is 37.5 Å². The van der Waals surface area contributed by atoms with Gasteiger partial charge in [0, 0.05) is 37.3 Å². The Morgan fingerprint density at radius 3 is 1.52 bits per heavy atom. The third kappa shape index (κ3) is 10.5. The number of urea groups is 1. The summed E-state index contributed by atoms with van der Waals surface area (Å²) in [6.45, 7) is 17.7. The number of sulfonamides is 2. The number of amides is 2. The van der Waals surface area contributed by atoms with Crippen molar-refractivity contribution in [2.45, 2.75) is 115 Å². The maximum absolute atomic E-state index is 14.0.